The zero-order valence-corrected chi connectivity index (χ0v) is 10.4. The van der Waals surface area contributed by atoms with Gasteiger partial charge >= 0.3 is 0 Å². The summed E-state index contributed by atoms with van der Waals surface area (Å²) in [5.74, 6) is 0.507. The van der Waals surface area contributed by atoms with Crippen LogP contribution >= 0.6 is 0 Å². The van der Waals surface area contributed by atoms with Crippen molar-refractivity contribution in [2.24, 2.45) is 0 Å². The molecule has 3 rings (SSSR count). The second kappa shape index (κ2) is 4.65. The number of aromatic nitrogens is 3. The van der Waals surface area contributed by atoms with Crippen LogP contribution in [0.4, 0.5) is 4.39 Å². The minimum Gasteiger partial charge on any atom is -0.234 e. The topological polar surface area (TPSA) is 30.7 Å². The summed E-state index contributed by atoms with van der Waals surface area (Å²) in [5.41, 5.74) is 2.72. The van der Waals surface area contributed by atoms with Gasteiger partial charge in [0.2, 0.25) is 0 Å². The van der Waals surface area contributed by atoms with Crippen molar-refractivity contribution in [1.29, 1.82) is 0 Å². The van der Waals surface area contributed by atoms with Crippen molar-refractivity contribution in [2.45, 2.75) is 6.92 Å². The first-order valence-electron chi connectivity index (χ1n) is 5.98. The SMILES string of the molecule is Cc1cccc(-n2nccc2-c2ccc(F)cc2)n1. The summed E-state index contributed by atoms with van der Waals surface area (Å²) < 4.78 is 14.7. The number of halogens is 1. The molecule has 0 aliphatic carbocycles. The fourth-order valence-corrected chi connectivity index (χ4v) is 1.97. The molecule has 3 nitrogen and oxygen atoms in total. The van der Waals surface area contributed by atoms with E-state index in [9.17, 15) is 4.39 Å². The molecule has 0 unspecified atom stereocenters. The smallest absolute Gasteiger partial charge is 0.154 e. The van der Waals surface area contributed by atoms with Crippen molar-refractivity contribution in [3.05, 3.63) is 66.2 Å². The average molecular weight is 253 g/mol. The third kappa shape index (κ3) is 2.25. The Morgan fingerprint density at radius 1 is 1.00 bits per heavy atom. The second-order valence-corrected chi connectivity index (χ2v) is 4.27. The van der Waals surface area contributed by atoms with Gasteiger partial charge in [0.25, 0.3) is 0 Å². The van der Waals surface area contributed by atoms with Crippen LogP contribution in [-0.2, 0) is 0 Å². The fraction of sp³-hybridized carbons (Fsp3) is 0.0667. The molecule has 0 saturated heterocycles. The molecular formula is C15H12FN3. The van der Waals surface area contributed by atoms with Crippen molar-refractivity contribution in [2.75, 3.05) is 0 Å². The Hall–Kier alpha value is -2.49. The van der Waals surface area contributed by atoms with Gasteiger partial charge in [0.05, 0.1) is 11.9 Å². The summed E-state index contributed by atoms with van der Waals surface area (Å²) in [7, 11) is 0. The van der Waals surface area contributed by atoms with Gasteiger partial charge in [-0.05, 0) is 49.4 Å². The van der Waals surface area contributed by atoms with Crippen LogP contribution in [0, 0.1) is 12.7 Å². The molecule has 0 amide bonds. The van der Waals surface area contributed by atoms with Crippen LogP contribution < -0.4 is 0 Å². The van der Waals surface area contributed by atoms with Crippen LogP contribution in [0.1, 0.15) is 5.69 Å². The van der Waals surface area contributed by atoms with E-state index in [2.05, 4.69) is 10.1 Å². The molecule has 0 fully saturated rings. The van der Waals surface area contributed by atoms with E-state index in [1.165, 1.54) is 12.1 Å². The van der Waals surface area contributed by atoms with Crippen molar-refractivity contribution >= 4 is 0 Å². The Balaban J connectivity index is 2.10. The van der Waals surface area contributed by atoms with Crippen LogP contribution in [0.15, 0.2) is 54.7 Å². The summed E-state index contributed by atoms with van der Waals surface area (Å²) in [5, 5.41) is 4.29. The van der Waals surface area contributed by atoms with Gasteiger partial charge in [0.1, 0.15) is 5.82 Å². The molecular weight excluding hydrogens is 241 g/mol. The van der Waals surface area contributed by atoms with Crippen LogP contribution in [-0.4, -0.2) is 14.8 Å². The first-order chi connectivity index (χ1) is 9.24. The molecule has 94 valence electrons. The van der Waals surface area contributed by atoms with E-state index in [1.54, 1.807) is 23.0 Å². The van der Waals surface area contributed by atoms with Crippen molar-refractivity contribution < 1.29 is 4.39 Å². The maximum atomic E-state index is 13.0. The Morgan fingerprint density at radius 2 is 1.79 bits per heavy atom. The maximum absolute atomic E-state index is 13.0. The van der Waals surface area contributed by atoms with Crippen LogP contribution in [0.2, 0.25) is 0 Å². The molecule has 0 bridgehead atoms. The molecule has 19 heavy (non-hydrogen) atoms. The summed E-state index contributed by atoms with van der Waals surface area (Å²) in [6, 6.07) is 14.0. The number of benzene rings is 1. The van der Waals surface area contributed by atoms with Gasteiger partial charge in [0, 0.05) is 11.3 Å². The lowest BCUT2D eigenvalue weighted by Crippen LogP contribution is -2.02. The van der Waals surface area contributed by atoms with E-state index in [0.29, 0.717) is 0 Å². The molecule has 2 heterocycles. The lowest BCUT2D eigenvalue weighted by atomic mass is 10.1. The largest absolute Gasteiger partial charge is 0.234 e. The molecule has 0 N–H and O–H groups in total. The van der Waals surface area contributed by atoms with Gasteiger partial charge in [-0.2, -0.15) is 5.10 Å². The number of hydrogen-bond donors (Lipinski definition) is 0. The van der Waals surface area contributed by atoms with Crippen molar-refractivity contribution in [3.63, 3.8) is 0 Å². The predicted octanol–water partition coefficient (Wildman–Crippen LogP) is 3.38. The Kier molecular flexibility index (Phi) is 2.83. The summed E-state index contributed by atoms with van der Waals surface area (Å²) in [6.45, 7) is 1.94. The number of aryl methyl sites for hydroxylation is 1. The highest BCUT2D eigenvalue weighted by Crippen LogP contribution is 2.21. The quantitative estimate of drug-likeness (QED) is 0.701. The van der Waals surface area contributed by atoms with Gasteiger partial charge < -0.3 is 0 Å². The van der Waals surface area contributed by atoms with Crippen molar-refractivity contribution in [3.8, 4) is 17.1 Å². The first-order valence-corrected chi connectivity index (χ1v) is 5.98. The van der Waals surface area contributed by atoms with Gasteiger partial charge in [-0.25, -0.2) is 14.1 Å². The van der Waals surface area contributed by atoms with E-state index >= 15 is 0 Å². The highest BCUT2D eigenvalue weighted by Gasteiger charge is 2.08. The van der Waals surface area contributed by atoms with E-state index < -0.39 is 0 Å². The zero-order valence-electron chi connectivity index (χ0n) is 10.4. The van der Waals surface area contributed by atoms with E-state index in [0.717, 1.165) is 22.8 Å². The standard InChI is InChI=1S/C15H12FN3/c1-11-3-2-4-15(18-11)19-14(9-10-17-19)12-5-7-13(16)8-6-12/h2-10H,1H3. The predicted molar refractivity (Wildman–Crippen MR) is 71.5 cm³/mol. The van der Waals surface area contributed by atoms with Crippen LogP contribution in [0.25, 0.3) is 17.1 Å². The lowest BCUT2D eigenvalue weighted by Gasteiger charge is -2.07. The summed E-state index contributed by atoms with van der Waals surface area (Å²) in [6.07, 6.45) is 1.71. The van der Waals surface area contributed by atoms with Gasteiger partial charge in [-0.15, -0.1) is 0 Å². The first kappa shape index (κ1) is 11.6. The number of hydrogen-bond acceptors (Lipinski definition) is 2. The Labute approximate surface area is 110 Å². The van der Waals surface area contributed by atoms with E-state index in [4.69, 9.17) is 0 Å². The van der Waals surface area contributed by atoms with Crippen molar-refractivity contribution in [1.82, 2.24) is 14.8 Å². The third-order valence-corrected chi connectivity index (χ3v) is 2.87. The molecule has 0 spiro atoms. The number of pyridine rings is 1. The van der Waals surface area contributed by atoms with E-state index in [1.807, 2.05) is 31.2 Å². The highest BCUT2D eigenvalue weighted by molar-refractivity contribution is 5.61. The summed E-state index contributed by atoms with van der Waals surface area (Å²) >= 11 is 0. The van der Waals surface area contributed by atoms with E-state index in [-0.39, 0.29) is 5.82 Å². The normalized spacial score (nSPS) is 10.6. The molecule has 0 atom stereocenters. The van der Waals surface area contributed by atoms with Gasteiger partial charge in [-0.3, -0.25) is 0 Å². The molecule has 0 aliphatic heterocycles. The maximum Gasteiger partial charge on any atom is 0.154 e. The Morgan fingerprint density at radius 3 is 2.53 bits per heavy atom. The average Bonchev–Trinajstić information content (AvgIpc) is 2.89. The van der Waals surface area contributed by atoms with Gasteiger partial charge in [-0.1, -0.05) is 6.07 Å². The molecule has 0 radical (unpaired) electrons. The minimum atomic E-state index is -0.247. The molecule has 0 aliphatic rings. The molecule has 3 aromatic rings. The number of rotatable bonds is 2. The minimum absolute atomic E-state index is 0.247. The monoisotopic (exact) mass is 253 g/mol. The molecule has 4 heteroatoms. The zero-order chi connectivity index (χ0) is 13.2. The molecule has 0 saturated carbocycles. The fourth-order valence-electron chi connectivity index (χ4n) is 1.97. The van der Waals surface area contributed by atoms with Gasteiger partial charge in [0.15, 0.2) is 5.82 Å². The number of nitrogens with zero attached hydrogens (tertiary/aromatic N) is 3. The third-order valence-electron chi connectivity index (χ3n) is 2.87. The highest BCUT2D eigenvalue weighted by atomic mass is 19.1. The second-order valence-electron chi connectivity index (χ2n) is 4.27. The van der Waals surface area contributed by atoms with Crippen LogP contribution in [0.3, 0.4) is 0 Å². The molecule has 1 aromatic carbocycles. The lowest BCUT2D eigenvalue weighted by molar-refractivity contribution is 0.628. The molecule has 2 aromatic heterocycles. The Bertz CT molecular complexity index is 701. The van der Waals surface area contributed by atoms with Crippen LogP contribution in [0.5, 0.6) is 0 Å². The summed E-state index contributed by atoms with van der Waals surface area (Å²) in [4.78, 5) is 4.45.